The molecule has 0 saturated carbocycles. The quantitative estimate of drug-likeness (QED) is 0.720. The van der Waals surface area contributed by atoms with Crippen LogP contribution in [-0.4, -0.2) is 18.1 Å². The van der Waals surface area contributed by atoms with Crippen LogP contribution in [0.1, 0.15) is 21.6 Å². The molecule has 0 bridgehead atoms. The lowest BCUT2D eigenvalue weighted by atomic mass is 10.1. The van der Waals surface area contributed by atoms with Crippen LogP contribution in [0.3, 0.4) is 0 Å². The molecule has 3 aromatic rings. The molecular formula is C19H17FN2O2. The van der Waals surface area contributed by atoms with Gasteiger partial charge >= 0.3 is 5.97 Å². The fourth-order valence-electron chi connectivity index (χ4n) is 2.48. The van der Waals surface area contributed by atoms with E-state index in [1.54, 1.807) is 25.1 Å². The van der Waals surface area contributed by atoms with Gasteiger partial charge in [0.05, 0.1) is 18.3 Å². The van der Waals surface area contributed by atoms with E-state index in [1.165, 1.54) is 13.2 Å². The molecule has 0 saturated heterocycles. The van der Waals surface area contributed by atoms with Crippen molar-refractivity contribution in [3.05, 3.63) is 65.1 Å². The van der Waals surface area contributed by atoms with Crippen molar-refractivity contribution in [1.29, 1.82) is 0 Å². The van der Waals surface area contributed by atoms with Crippen molar-refractivity contribution in [2.45, 2.75) is 13.8 Å². The van der Waals surface area contributed by atoms with E-state index in [4.69, 9.17) is 4.74 Å². The molecule has 0 spiro atoms. The number of benzene rings is 2. The third-order valence-corrected chi connectivity index (χ3v) is 3.81. The van der Waals surface area contributed by atoms with Crippen LogP contribution in [0.2, 0.25) is 0 Å². The van der Waals surface area contributed by atoms with Gasteiger partial charge in [-0.25, -0.2) is 14.2 Å². The molecule has 0 amide bonds. The van der Waals surface area contributed by atoms with Gasteiger partial charge in [-0.15, -0.1) is 0 Å². The van der Waals surface area contributed by atoms with Crippen LogP contribution in [0.25, 0.3) is 10.9 Å². The Morgan fingerprint density at radius 3 is 2.62 bits per heavy atom. The smallest absolute Gasteiger partial charge is 0.356 e. The fraction of sp³-hybridized carbons (Fsp3) is 0.158. The van der Waals surface area contributed by atoms with Gasteiger partial charge in [0.25, 0.3) is 0 Å². The molecule has 4 nitrogen and oxygen atoms in total. The molecule has 2 aromatic carbocycles. The van der Waals surface area contributed by atoms with Gasteiger partial charge in [-0.3, -0.25) is 0 Å². The van der Waals surface area contributed by atoms with Crippen LogP contribution in [0.5, 0.6) is 0 Å². The topological polar surface area (TPSA) is 51.2 Å². The second-order valence-electron chi connectivity index (χ2n) is 5.66. The van der Waals surface area contributed by atoms with Gasteiger partial charge in [-0.1, -0.05) is 17.7 Å². The largest absolute Gasteiger partial charge is 0.464 e. The number of fused-ring (bicyclic) bond motifs is 1. The molecule has 122 valence electrons. The number of hydrogen-bond acceptors (Lipinski definition) is 4. The Hall–Kier alpha value is -2.95. The number of methoxy groups -OCH3 is 1. The second-order valence-corrected chi connectivity index (χ2v) is 5.66. The highest BCUT2D eigenvalue weighted by Crippen LogP contribution is 2.28. The molecule has 0 radical (unpaired) electrons. The standard InChI is InChI=1S/C19H17FN2O2/c1-11-4-7-16-14(8-11)17(10-18(22-16)19(23)24-3)21-13-6-5-12(2)15(20)9-13/h4-10H,1-3H3,(H,21,22). The van der Waals surface area contributed by atoms with Gasteiger partial charge in [0.1, 0.15) is 5.82 Å². The molecule has 24 heavy (non-hydrogen) atoms. The maximum Gasteiger partial charge on any atom is 0.356 e. The first-order valence-electron chi connectivity index (χ1n) is 7.51. The minimum atomic E-state index is -0.518. The monoisotopic (exact) mass is 324 g/mol. The number of nitrogens with one attached hydrogen (secondary N) is 1. The van der Waals surface area contributed by atoms with E-state index < -0.39 is 5.97 Å². The van der Waals surface area contributed by atoms with Crippen LogP contribution in [0.4, 0.5) is 15.8 Å². The summed E-state index contributed by atoms with van der Waals surface area (Å²) in [5.74, 6) is -0.807. The van der Waals surface area contributed by atoms with E-state index in [-0.39, 0.29) is 11.5 Å². The number of rotatable bonds is 3. The fourth-order valence-corrected chi connectivity index (χ4v) is 2.48. The van der Waals surface area contributed by atoms with Crippen LogP contribution < -0.4 is 5.32 Å². The molecule has 1 N–H and O–H groups in total. The Bertz CT molecular complexity index is 938. The first-order chi connectivity index (χ1) is 11.5. The number of esters is 1. The molecule has 1 aromatic heterocycles. The summed E-state index contributed by atoms with van der Waals surface area (Å²) in [5.41, 5.74) is 3.78. The Kier molecular flexibility index (Phi) is 4.16. The third kappa shape index (κ3) is 3.06. The SMILES string of the molecule is COC(=O)c1cc(Nc2ccc(C)c(F)c2)c2cc(C)ccc2n1. The minimum Gasteiger partial charge on any atom is -0.464 e. The van der Waals surface area contributed by atoms with Crippen molar-refractivity contribution in [1.82, 2.24) is 4.98 Å². The average molecular weight is 324 g/mol. The Labute approximate surface area is 139 Å². The van der Waals surface area contributed by atoms with Crippen LogP contribution in [0.15, 0.2) is 42.5 Å². The molecule has 3 rings (SSSR count). The van der Waals surface area contributed by atoms with Gasteiger partial charge < -0.3 is 10.1 Å². The Morgan fingerprint density at radius 1 is 1.12 bits per heavy atom. The van der Waals surface area contributed by atoms with Crippen molar-refractivity contribution in [2.75, 3.05) is 12.4 Å². The van der Waals surface area contributed by atoms with Crippen LogP contribution >= 0.6 is 0 Å². The lowest BCUT2D eigenvalue weighted by Crippen LogP contribution is -2.06. The highest BCUT2D eigenvalue weighted by Gasteiger charge is 2.13. The summed E-state index contributed by atoms with van der Waals surface area (Å²) in [7, 11) is 1.31. The zero-order valence-electron chi connectivity index (χ0n) is 13.7. The van der Waals surface area contributed by atoms with Gasteiger partial charge in [-0.05, 0) is 49.7 Å². The molecule has 0 aliphatic heterocycles. The summed E-state index contributed by atoms with van der Waals surface area (Å²) in [6, 6.07) is 12.3. The molecular weight excluding hydrogens is 307 g/mol. The molecule has 0 aliphatic rings. The minimum absolute atomic E-state index is 0.198. The van der Waals surface area contributed by atoms with E-state index in [0.29, 0.717) is 22.5 Å². The van der Waals surface area contributed by atoms with E-state index >= 15 is 0 Å². The highest BCUT2D eigenvalue weighted by molar-refractivity contribution is 5.99. The van der Waals surface area contributed by atoms with Crippen molar-refractivity contribution in [3.8, 4) is 0 Å². The summed E-state index contributed by atoms with van der Waals surface area (Å²) in [5, 5.41) is 4.02. The maximum atomic E-state index is 13.8. The summed E-state index contributed by atoms with van der Waals surface area (Å²) < 4.78 is 18.6. The van der Waals surface area contributed by atoms with E-state index in [1.807, 2.05) is 25.1 Å². The van der Waals surface area contributed by atoms with E-state index in [9.17, 15) is 9.18 Å². The van der Waals surface area contributed by atoms with Crippen molar-refractivity contribution < 1.29 is 13.9 Å². The second kappa shape index (κ2) is 6.28. The predicted octanol–water partition coefficient (Wildman–Crippen LogP) is 4.52. The number of carbonyl (C=O) groups is 1. The average Bonchev–Trinajstić information content (AvgIpc) is 2.57. The van der Waals surface area contributed by atoms with Gasteiger partial charge in [0.15, 0.2) is 5.69 Å². The number of ether oxygens (including phenoxy) is 1. The molecule has 0 unspecified atom stereocenters. The number of pyridine rings is 1. The summed E-state index contributed by atoms with van der Waals surface area (Å²) in [6.07, 6.45) is 0. The van der Waals surface area contributed by atoms with Gasteiger partial charge in [0, 0.05) is 11.1 Å². The van der Waals surface area contributed by atoms with Crippen molar-refractivity contribution in [2.24, 2.45) is 0 Å². The van der Waals surface area contributed by atoms with E-state index in [0.717, 1.165) is 10.9 Å². The number of aryl methyl sites for hydroxylation is 2. The molecule has 5 heteroatoms. The van der Waals surface area contributed by atoms with Crippen molar-refractivity contribution in [3.63, 3.8) is 0 Å². The number of halogens is 1. The normalized spacial score (nSPS) is 10.7. The van der Waals surface area contributed by atoms with Crippen molar-refractivity contribution >= 4 is 28.2 Å². The van der Waals surface area contributed by atoms with Crippen LogP contribution in [0, 0.1) is 19.7 Å². The first kappa shape index (κ1) is 15.9. The number of carbonyl (C=O) groups excluding carboxylic acids is 1. The predicted molar refractivity (Wildman–Crippen MR) is 92.2 cm³/mol. The lowest BCUT2D eigenvalue weighted by molar-refractivity contribution is 0.0594. The third-order valence-electron chi connectivity index (χ3n) is 3.81. The molecule has 0 atom stereocenters. The van der Waals surface area contributed by atoms with Gasteiger partial charge in [0.2, 0.25) is 0 Å². The summed E-state index contributed by atoms with van der Waals surface area (Å²) in [4.78, 5) is 16.2. The molecule has 1 heterocycles. The molecule has 0 fully saturated rings. The summed E-state index contributed by atoms with van der Waals surface area (Å²) in [6.45, 7) is 3.68. The lowest BCUT2D eigenvalue weighted by Gasteiger charge is -2.12. The molecule has 0 aliphatic carbocycles. The number of aromatic nitrogens is 1. The Balaban J connectivity index is 2.14. The van der Waals surface area contributed by atoms with E-state index in [2.05, 4.69) is 10.3 Å². The first-order valence-corrected chi connectivity index (χ1v) is 7.51. The van der Waals surface area contributed by atoms with Crippen LogP contribution in [-0.2, 0) is 4.74 Å². The number of nitrogens with zero attached hydrogens (tertiary/aromatic N) is 1. The maximum absolute atomic E-state index is 13.8. The zero-order valence-corrected chi connectivity index (χ0v) is 13.7. The zero-order chi connectivity index (χ0) is 17.3. The Morgan fingerprint density at radius 2 is 1.92 bits per heavy atom. The highest BCUT2D eigenvalue weighted by atomic mass is 19.1. The number of hydrogen-bond donors (Lipinski definition) is 1. The summed E-state index contributed by atoms with van der Waals surface area (Å²) >= 11 is 0. The van der Waals surface area contributed by atoms with Gasteiger partial charge in [-0.2, -0.15) is 0 Å². The number of anilines is 2.